The Morgan fingerprint density at radius 3 is 1.48 bits per heavy atom. The van der Waals surface area contributed by atoms with Crippen LogP contribution in [0.3, 0.4) is 0 Å². The summed E-state index contributed by atoms with van der Waals surface area (Å²) in [5.41, 5.74) is 1.38. The Morgan fingerprint density at radius 2 is 1.17 bits per heavy atom. The van der Waals surface area contributed by atoms with E-state index in [1.54, 1.807) is 0 Å². The van der Waals surface area contributed by atoms with Crippen LogP contribution in [0.2, 0.25) is 48.4 Å². The summed E-state index contributed by atoms with van der Waals surface area (Å²) in [6.45, 7) is 14.7. The highest BCUT2D eigenvalue weighted by molar-refractivity contribution is 6.81. The molecule has 23 heavy (non-hydrogen) atoms. The zero-order valence-corrected chi connectivity index (χ0v) is 18.5. The highest BCUT2D eigenvalue weighted by atomic mass is 28.3. The van der Waals surface area contributed by atoms with E-state index in [9.17, 15) is 0 Å². The van der Waals surface area contributed by atoms with Crippen molar-refractivity contribution in [2.75, 3.05) is 0 Å². The van der Waals surface area contributed by atoms with Crippen molar-refractivity contribution in [1.29, 1.82) is 0 Å². The van der Waals surface area contributed by atoms with Crippen LogP contribution < -0.4 is 0 Å². The van der Waals surface area contributed by atoms with Crippen LogP contribution in [0.25, 0.3) is 0 Å². The molecule has 0 amide bonds. The Hall–Kier alpha value is -0.416. The maximum absolute atomic E-state index is 4.80. The van der Waals surface area contributed by atoms with Gasteiger partial charge < -0.3 is 0 Å². The molecule has 0 aliphatic rings. The molecule has 0 aromatic carbocycles. The fourth-order valence-corrected chi connectivity index (χ4v) is 12.1. The normalized spacial score (nSPS) is 12.8. The third-order valence-electron chi connectivity index (χ3n) is 6.96. The maximum atomic E-state index is 4.80. The molecule has 0 aliphatic heterocycles. The van der Waals surface area contributed by atoms with Gasteiger partial charge in [-0.05, 0) is 30.1 Å². The number of aromatic nitrogens is 1. The summed E-state index contributed by atoms with van der Waals surface area (Å²) < 4.78 is 0. The molecule has 1 aromatic heterocycles. The first-order chi connectivity index (χ1) is 11.0. The molecule has 0 N–H and O–H groups in total. The summed E-state index contributed by atoms with van der Waals surface area (Å²) in [6, 6.07) is 18.1. The molecular weight excluding hydrogens is 310 g/mol. The Bertz CT molecular complexity index is 386. The van der Waals surface area contributed by atoms with Crippen molar-refractivity contribution in [3.8, 4) is 0 Å². The molecule has 0 radical (unpaired) electrons. The lowest BCUT2D eigenvalue weighted by Gasteiger charge is -2.37. The van der Waals surface area contributed by atoms with E-state index in [4.69, 9.17) is 4.98 Å². The third kappa shape index (κ3) is 5.28. The van der Waals surface area contributed by atoms with Gasteiger partial charge in [0.1, 0.15) is 0 Å². The average Bonchev–Trinajstić information content (AvgIpc) is 2.64. The Kier molecular flexibility index (Phi) is 8.77. The molecule has 1 heterocycles. The van der Waals surface area contributed by atoms with Crippen molar-refractivity contribution in [3.63, 3.8) is 0 Å². The predicted octanol–water partition coefficient (Wildman–Crippen LogP) is 7.18. The smallest absolute Gasteiger partial charge is 0.0534 e. The lowest BCUT2D eigenvalue weighted by atomic mass is 10.1. The molecule has 3 heteroatoms. The Morgan fingerprint density at radius 1 is 0.739 bits per heavy atom. The van der Waals surface area contributed by atoms with Crippen LogP contribution in [0.5, 0.6) is 0 Å². The zero-order chi connectivity index (χ0) is 17.3. The molecule has 0 saturated heterocycles. The second-order valence-corrected chi connectivity index (χ2v) is 18.5. The molecule has 132 valence electrons. The first-order valence-corrected chi connectivity index (χ1v) is 15.6. The van der Waals surface area contributed by atoms with E-state index >= 15 is 0 Å². The average molecular weight is 350 g/mol. The molecule has 0 unspecified atom stereocenters. The summed E-state index contributed by atoms with van der Waals surface area (Å²) in [7, 11) is -2.24. The molecule has 1 rings (SSSR count). The van der Waals surface area contributed by atoms with Crippen LogP contribution in [0.1, 0.15) is 53.2 Å². The standard InChI is InChI=1S/C20H39NSi2/c1-7-22(8-2,9-3)17-19(20-15-13-14-16-21-20)18-23(10-4,11-5)12-6/h13-16,19H,7-12,17-18H2,1-6H3. The molecule has 0 spiro atoms. The molecule has 0 fully saturated rings. The van der Waals surface area contributed by atoms with E-state index < -0.39 is 16.1 Å². The zero-order valence-electron chi connectivity index (χ0n) is 16.5. The van der Waals surface area contributed by atoms with E-state index in [-0.39, 0.29) is 0 Å². The number of hydrogen-bond acceptors (Lipinski definition) is 1. The third-order valence-corrected chi connectivity index (χ3v) is 18.7. The van der Waals surface area contributed by atoms with E-state index in [1.807, 2.05) is 6.20 Å². The van der Waals surface area contributed by atoms with Gasteiger partial charge in [0.25, 0.3) is 0 Å². The second-order valence-electron chi connectivity index (χ2n) is 7.48. The van der Waals surface area contributed by atoms with Gasteiger partial charge in [-0.1, -0.05) is 83.9 Å². The molecule has 1 aromatic rings. The van der Waals surface area contributed by atoms with E-state index in [1.165, 1.54) is 54.0 Å². The van der Waals surface area contributed by atoms with Crippen LogP contribution in [0, 0.1) is 0 Å². The van der Waals surface area contributed by atoms with E-state index in [0.717, 1.165) is 0 Å². The highest BCUT2D eigenvalue weighted by Gasteiger charge is 2.36. The molecule has 1 nitrogen and oxygen atoms in total. The van der Waals surface area contributed by atoms with Gasteiger partial charge in [-0.25, -0.2) is 0 Å². The number of rotatable bonds is 11. The van der Waals surface area contributed by atoms with Crippen molar-refractivity contribution in [1.82, 2.24) is 4.98 Å². The summed E-state index contributed by atoms with van der Waals surface area (Å²) >= 11 is 0. The summed E-state index contributed by atoms with van der Waals surface area (Å²) in [5.74, 6) is 0.717. The SMILES string of the molecule is CC[Si](CC)(CC)CC(C[Si](CC)(CC)CC)c1ccccn1. The fourth-order valence-electron chi connectivity index (χ4n) is 4.31. The van der Waals surface area contributed by atoms with Crippen LogP contribution >= 0.6 is 0 Å². The minimum Gasteiger partial charge on any atom is -0.261 e. The van der Waals surface area contributed by atoms with Gasteiger partial charge in [0, 0.05) is 11.9 Å². The lowest BCUT2D eigenvalue weighted by molar-refractivity contribution is 0.767. The van der Waals surface area contributed by atoms with Gasteiger partial charge in [-0.15, -0.1) is 0 Å². The van der Waals surface area contributed by atoms with Crippen LogP contribution in [0.4, 0.5) is 0 Å². The Labute approximate surface area is 147 Å². The topological polar surface area (TPSA) is 12.9 Å². The van der Waals surface area contributed by atoms with Gasteiger partial charge in [0.05, 0.1) is 16.1 Å². The molecule has 0 saturated carbocycles. The largest absolute Gasteiger partial charge is 0.261 e. The summed E-state index contributed by atoms with van der Waals surface area (Å²) in [4.78, 5) is 4.80. The molecule has 0 aliphatic carbocycles. The van der Waals surface area contributed by atoms with Crippen LogP contribution in [-0.2, 0) is 0 Å². The maximum Gasteiger partial charge on any atom is 0.0534 e. The fraction of sp³-hybridized carbons (Fsp3) is 0.750. The summed E-state index contributed by atoms with van der Waals surface area (Å²) in [6.07, 6.45) is 2.00. The van der Waals surface area contributed by atoms with Gasteiger partial charge in [0.2, 0.25) is 0 Å². The first kappa shape index (κ1) is 20.6. The van der Waals surface area contributed by atoms with Crippen molar-refractivity contribution < 1.29 is 0 Å². The van der Waals surface area contributed by atoms with Gasteiger partial charge in [-0.2, -0.15) is 0 Å². The van der Waals surface area contributed by atoms with Crippen molar-refractivity contribution in [2.45, 2.75) is 95.8 Å². The Balaban J connectivity index is 3.13. The quantitative estimate of drug-likeness (QED) is 0.385. The lowest BCUT2D eigenvalue weighted by Crippen LogP contribution is -2.38. The van der Waals surface area contributed by atoms with E-state index in [0.29, 0.717) is 5.92 Å². The van der Waals surface area contributed by atoms with Crippen LogP contribution in [0.15, 0.2) is 24.4 Å². The summed E-state index contributed by atoms with van der Waals surface area (Å²) in [5, 5.41) is 0. The van der Waals surface area contributed by atoms with Crippen molar-refractivity contribution in [2.24, 2.45) is 0 Å². The molecular formula is C20H39NSi2. The second kappa shape index (κ2) is 9.78. The highest BCUT2D eigenvalue weighted by Crippen LogP contribution is 2.40. The van der Waals surface area contributed by atoms with Crippen LogP contribution in [-0.4, -0.2) is 21.1 Å². The first-order valence-electron chi connectivity index (χ1n) is 9.95. The van der Waals surface area contributed by atoms with Gasteiger partial charge in [0.15, 0.2) is 0 Å². The molecule has 0 bridgehead atoms. The number of hydrogen-bond donors (Lipinski definition) is 0. The van der Waals surface area contributed by atoms with Crippen molar-refractivity contribution >= 4 is 16.1 Å². The minimum atomic E-state index is -1.12. The monoisotopic (exact) mass is 349 g/mol. The van der Waals surface area contributed by atoms with E-state index in [2.05, 4.69) is 59.7 Å². The molecule has 0 atom stereocenters. The van der Waals surface area contributed by atoms with Gasteiger partial charge >= 0.3 is 0 Å². The van der Waals surface area contributed by atoms with Crippen molar-refractivity contribution in [3.05, 3.63) is 30.1 Å². The van der Waals surface area contributed by atoms with Gasteiger partial charge in [-0.3, -0.25) is 4.98 Å². The number of pyridine rings is 1. The minimum absolute atomic E-state index is 0.717. The predicted molar refractivity (Wildman–Crippen MR) is 111 cm³/mol. The number of nitrogens with zero attached hydrogens (tertiary/aromatic N) is 1.